The third-order valence-electron chi connectivity index (χ3n) is 5.88. The van der Waals surface area contributed by atoms with Gasteiger partial charge in [-0.05, 0) is 61.1 Å². The van der Waals surface area contributed by atoms with Gasteiger partial charge >= 0.3 is 0 Å². The lowest BCUT2D eigenvalue weighted by molar-refractivity contribution is 0.184. The molecular formula is C22H25N3O2. The molecule has 5 heteroatoms. The molecule has 2 heterocycles. The van der Waals surface area contributed by atoms with E-state index < -0.39 is 0 Å². The second-order valence-electron chi connectivity index (χ2n) is 7.93. The fraction of sp³-hybridized carbons (Fsp3) is 0.455. The van der Waals surface area contributed by atoms with Crippen molar-refractivity contribution in [3.8, 4) is 17.6 Å². The smallest absolute Gasteiger partial charge is 0.133 e. The van der Waals surface area contributed by atoms with E-state index in [1.54, 1.807) is 6.07 Å². The number of hydrogen-bond acceptors (Lipinski definition) is 5. The van der Waals surface area contributed by atoms with Crippen molar-refractivity contribution in [2.24, 2.45) is 11.8 Å². The predicted molar refractivity (Wildman–Crippen MR) is 103 cm³/mol. The number of ether oxygens (including phenoxy) is 1. The molecule has 0 spiro atoms. The van der Waals surface area contributed by atoms with Gasteiger partial charge in [-0.25, -0.2) is 0 Å². The van der Waals surface area contributed by atoms with Crippen molar-refractivity contribution in [2.45, 2.75) is 31.8 Å². The molecule has 5 nitrogen and oxygen atoms in total. The Labute approximate surface area is 160 Å². The van der Waals surface area contributed by atoms with Crippen LogP contribution in [-0.4, -0.2) is 40.7 Å². The molecule has 2 fully saturated rings. The van der Waals surface area contributed by atoms with E-state index in [9.17, 15) is 5.11 Å². The second kappa shape index (κ2) is 7.58. The molecule has 1 saturated carbocycles. The van der Waals surface area contributed by atoms with Crippen LogP contribution in [0.15, 0.2) is 42.6 Å². The molecule has 2 unspecified atom stereocenters. The first kappa shape index (κ1) is 17.8. The van der Waals surface area contributed by atoms with E-state index >= 15 is 0 Å². The quantitative estimate of drug-likeness (QED) is 0.880. The van der Waals surface area contributed by atoms with E-state index in [-0.39, 0.29) is 11.9 Å². The Hall–Kier alpha value is -2.58. The molecule has 4 rings (SSSR count). The molecule has 2 aromatic rings. The maximum absolute atomic E-state index is 9.39. The van der Waals surface area contributed by atoms with Crippen LogP contribution in [0.4, 0.5) is 0 Å². The predicted octanol–water partition coefficient (Wildman–Crippen LogP) is 3.55. The highest BCUT2D eigenvalue weighted by molar-refractivity contribution is 5.34. The maximum atomic E-state index is 9.39. The van der Waals surface area contributed by atoms with Crippen molar-refractivity contribution in [3.05, 3.63) is 53.9 Å². The Morgan fingerprint density at radius 1 is 1.19 bits per heavy atom. The van der Waals surface area contributed by atoms with Gasteiger partial charge < -0.3 is 14.7 Å². The van der Waals surface area contributed by atoms with E-state index in [0.29, 0.717) is 23.3 Å². The Bertz CT molecular complexity index is 799. The third-order valence-corrected chi connectivity index (χ3v) is 5.88. The highest BCUT2D eigenvalue weighted by atomic mass is 16.5. The zero-order valence-corrected chi connectivity index (χ0v) is 15.6. The third kappa shape index (κ3) is 4.06. The highest BCUT2D eigenvalue weighted by Gasteiger charge is 2.42. The minimum Gasteiger partial charge on any atom is -0.506 e. The molecule has 1 saturated heterocycles. The van der Waals surface area contributed by atoms with E-state index in [1.165, 1.54) is 6.20 Å². The van der Waals surface area contributed by atoms with Crippen molar-refractivity contribution < 1.29 is 9.84 Å². The van der Waals surface area contributed by atoms with E-state index in [0.717, 1.165) is 43.9 Å². The second-order valence-corrected chi connectivity index (χ2v) is 7.93. The average Bonchev–Trinajstić information content (AvgIpc) is 3.20. The topological polar surface area (TPSA) is 69.4 Å². The molecule has 1 aliphatic heterocycles. The van der Waals surface area contributed by atoms with Crippen molar-refractivity contribution in [2.75, 3.05) is 19.6 Å². The highest BCUT2D eigenvalue weighted by Crippen LogP contribution is 2.40. The summed E-state index contributed by atoms with van der Waals surface area (Å²) in [4.78, 5) is 6.89. The van der Waals surface area contributed by atoms with Gasteiger partial charge in [-0.15, -0.1) is 0 Å². The van der Waals surface area contributed by atoms with Gasteiger partial charge in [-0.1, -0.05) is 6.92 Å². The largest absolute Gasteiger partial charge is 0.506 e. The van der Waals surface area contributed by atoms with Crippen molar-refractivity contribution in [1.29, 1.82) is 5.26 Å². The first-order chi connectivity index (χ1) is 13.1. The van der Waals surface area contributed by atoms with Gasteiger partial charge in [0.2, 0.25) is 0 Å². The Morgan fingerprint density at radius 2 is 1.89 bits per heavy atom. The molecule has 0 radical (unpaired) electrons. The summed E-state index contributed by atoms with van der Waals surface area (Å²) < 4.78 is 6.15. The minimum atomic E-state index is 0.218. The number of benzene rings is 1. The Balaban J connectivity index is 1.27. The zero-order chi connectivity index (χ0) is 18.8. The van der Waals surface area contributed by atoms with Crippen LogP contribution < -0.4 is 4.74 Å². The molecule has 4 atom stereocenters. The van der Waals surface area contributed by atoms with E-state index in [1.807, 2.05) is 30.3 Å². The number of hydrogen-bond donors (Lipinski definition) is 1. The van der Waals surface area contributed by atoms with Crippen LogP contribution in [0.25, 0.3) is 0 Å². The molecule has 2 aliphatic rings. The van der Waals surface area contributed by atoms with Gasteiger partial charge in [0.1, 0.15) is 11.5 Å². The fourth-order valence-corrected chi connectivity index (χ4v) is 4.56. The Morgan fingerprint density at radius 3 is 2.48 bits per heavy atom. The lowest BCUT2D eigenvalue weighted by Crippen LogP contribution is -2.28. The number of aromatic nitrogens is 1. The fourth-order valence-electron chi connectivity index (χ4n) is 4.56. The summed E-state index contributed by atoms with van der Waals surface area (Å²) in [5.41, 5.74) is 1.70. The lowest BCUT2D eigenvalue weighted by Gasteiger charge is -2.23. The van der Waals surface area contributed by atoms with E-state index in [4.69, 9.17) is 10.00 Å². The molecule has 27 heavy (non-hydrogen) atoms. The monoisotopic (exact) mass is 363 g/mol. The minimum absolute atomic E-state index is 0.218. The summed E-state index contributed by atoms with van der Waals surface area (Å²) in [5.74, 6) is 2.84. The van der Waals surface area contributed by atoms with Crippen LogP contribution in [0.2, 0.25) is 0 Å². The van der Waals surface area contributed by atoms with Gasteiger partial charge in [0.05, 0.1) is 23.9 Å². The summed E-state index contributed by atoms with van der Waals surface area (Å²) >= 11 is 0. The lowest BCUT2D eigenvalue weighted by atomic mass is 10.0. The van der Waals surface area contributed by atoms with Crippen LogP contribution in [0.3, 0.4) is 0 Å². The summed E-state index contributed by atoms with van der Waals surface area (Å²) in [7, 11) is 0. The number of likely N-dealkylation sites (tertiary alicyclic amines) is 1. The number of nitrogens with zero attached hydrogens (tertiary/aromatic N) is 3. The molecule has 140 valence electrons. The van der Waals surface area contributed by atoms with Crippen molar-refractivity contribution in [1.82, 2.24) is 9.88 Å². The molecule has 1 aromatic carbocycles. The van der Waals surface area contributed by atoms with Gasteiger partial charge in [0.15, 0.2) is 0 Å². The van der Waals surface area contributed by atoms with Crippen molar-refractivity contribution in [3.63, 3.8) is 0 Å². The maximum Gasteiger partial charge on any atom is 0.133 e. The van der Waals surface area contributed by atoms with Gasteiger partial charge in [-0.2, -0.15) is 5.26 Å². The summed E-state index contributed by atoms with van der Waals surface area (Å²) in [6.45, 7) is 5.46. The molecule has 0 bridgehead atoms. The number of nitriles is 1. The number of aromatic hydroxyl groups is 1. The van der Waals surface area contributed by atoms with Crippen molar-refractivity contribution >= 4 is 0 Å². The van der Waals surface area contributed by atoms with Gasteiger partial charge in [0, 0.05) is 31.2 Å². The van der Waals surface area contributed by atoms with Crippen LogP contribution in [0.5, 0.6) is 11.5 Å². The van der Waals surface area contributed by atoms with Crippen LogP contribution in [0, 0.1) is 23.2 Å². The molecule has 1 N–H and O–H groups in total. The molecule has 1 aliphatic carbocycles. The van der Waals surface area contributed by atoms with Gasteiger partial charge in [0.25, 0.3) is 0 Å². The number of pyridine rings is 1. The standard InChI is InChI=1S/C22H25N3O2/c1-15(22-7-4-19(26)11-24-22)12-25-13-17-8-21(9-18(17)14-25)27-20-5-2-16(10-23)3-6-20/h2-7,11,15,17-18,21,26H,8-9,12-14H2,1H3/t15?,17-,18+,21?. The number of rotatable bonds is 5. The molecular weight excluding hydrogens is 338 g/mol. The summed E-state index contributed by atoms with van der Waals surface area (Å²) in [6, 6.07) is 13.2. The number of fused-ring (bicyclic) bond motifs is 1. The van der Waals surface area contributed by atoms with Crippen LogP contribution in [-0.2, 0) is 0 Å². The average molecular weight is 363 g/mol. The van der Waals surface area contributed by atoms with Crippen LogP contribution in [0.1, 0.15) is 36.9 Å². The van der Waals surface area contributed by atoms with E-state index in [2.05, 4.69) is 22.9 Å². The molecule has 0 amide bonds. The summed E-state index contributed by atoms with van der Waals surface area (Å²) in [6.07, 6.45) is 4.02. The normalized spacial score (nSPS) is 25.7. The SMILES string of the molecule is CC(CN1C[C@H]2CC(Oc3ccc(C#N)cc3)C[C@H]2C1)c1ccc(O)cn1. The summed E-state index contributed by atoms with van der Waals surface area (Å²) in [5, 5.41) is 18.3. The Kier molecular flexibility index (Phi) is 5.00. The van der Waals surface area contributed by atoms with Gasteiger partial charge in [-0.3, -0.25) is 4.98 Å². The zero-order valence-electron chi connectivity index (χ0n) is 15.6. The molecule has 1 aromatic heterocycles. The first-order valence-electron chi connectivity index (χ1n) is 9.65. The van der Waals surface area contributed by atoms with Crippen LogP contribution >= 0.6 is 0 Å². The first-order valence-corrected chi connectivity index (χ1v) is 9.65.